The van der Waals surface area contributed by atoms with E-state index in [1.54, 1.807) is 17.1 Å². The molecule has 0 bridgehead atoms. The van der Waals surface area contributed by atoms with Crippen LogP contribution in [0.25, 0.3) is 0 Å². The Morgan fingerprint density at radius 2 is 2.07 bits per heavy atom. The monoisotopic (exact) mass is 436 g/mol. The van der Waals surface area contributed by atoms with Crippen molar-refractivity contribution in [2.24, 2.45) is 0 Å². The second kappa shape index (κ2) is 8.67. The Balaban J connectivity index is 1.66. The summed E-state index contributed by atoms with van der Waals surface area (Å²) in [6, 6.07) is 1.43. The fraction of sp³-hybridized carbons (Fsp3) is 0.467. The molecular weight excluding hydrogens is 418 g/mol. The summed E-state index contributed by atoms with van der Waals surface area (Å²) in [5.74, 6) is 1.06. The van der Waals surface area contributed by atoms with Crippen molar-refractivity contribution in [2.75, 3.05) is 31.1 Å². The molecular formula is C15H18F2N4O3S3. The zero-order chi connectivity index (χ0) is 19.4. The van der Waals surface area contributed by atoms with Crippen molar-refractivity contribution in [2.45, 2.75) is 17.9 Å². The first-order chi connectivity index (χ1) is 12.9. The van der Waals surface area contributed by atoms with E-state index in [9.17, 15) is 22.0 Å². The summed E-state index contributed by atoms with van der Waals surface area (Å²) >= 11 is 2.73. The van der Waals surface area contributed by atoms with Crippen molar-refractivity contribution in [3.63, 3.8) is 0 Å². The van der Waals surface area contributed by atoms with Gasteiger partial charge in [0.15, 0.2) is 0 Å². The molecule has 1 amide bonds. The van der Waals surface area contributed by atoms with Crippen molar-refractivity contribution in [1.82, 2.24) is 19.2 Å². The molecule has 1 saturated heterocycles. The van der Waals surface area contributed by atoms with Crippen LogP contribution >= 0.6 is 23.1 Å². The molecule has 3 heterocycles. The lowest BCUT2D eigenvalue weighted by atomic mass is 10.3. The van der Waals surface area contributed by atoms with Crippen LogP contribution in [0, 0.1) is 0 Å². The summed E-state index contributed by atoms with van der Waals surface area (Å²) in [5, 5.41) is 4.15. The third kappa shape index (κ3) is 4.50. The van der Waals surface area contributed by atoms with Crippen LogP contribution in [-0.4, -0.2) is 59.3 Å². The quantitative estimate of drug-likeness (QED) is 0.718. The first-order valence-electron chi connectivity index (χ1n) is 8.14. The normalized spacial score (nSPS) is 16.0. The smallest absolute Gasteiger partial charge is 0.319 e. The molecule has 1 N–H and O–H groups in total. The summed E-state index contributed by atoms with van der Waals surface area (Å²) in [7, 11) is -3.73. The fourth-order valence-corrected chi connectivity index (χ4v) is 6.57. The Morgan fingerprint density at radius 1 is 1.33 bits per heavy atom. The maximum atomic E-state index is 12.8. The molecule has 1 aliphatic rings. The Bertz CT molecular complexity index is 892. The molecule has 0 atom stereocenters. The van der Waals surface area contributed by atoms with Gasteiger partial charge < -0.3 is 5.32 Å². The fourth-order valence-electron chi connectivity index (χ4n) is 2.68. The van der Waals surface area contributed by atoms with Crippen molar-refractivity contribution in [3.05, 3.63) is 34.5 Å². The van der Waals surface area contributed by atoms with Gasteiger partial charge >= 0.3 is 6.55 Å². The highest BCUT2D eigenvalue weighted by molar-refractivity contribution is 7.99. The zero-order valence-corrected chi connectivity index (χ0v) is 16.6. The van der Waals surface area contributed by atoms with Crippen LogP contribution in [0.4, 0.5) is 8.78 Å². The molecule has 0 radical (unpaired) electrons. The number of aromatic nitrogens is 2. The lowest BCUT2D eigenvalue weighted by Crippen LogP contribution is -2.38. The van der Waals surface area contributed by atoms with Crippen LogP contribution < -0.4 is 5.32 Å². The molecule has 148 valence electrons. The number of carbonyl (C=O) groups excluding carboxylic acids is 1. The van der Waals surface area contributed by atoms with E-state index in [1.165, 1.54) is 22.8 Å². The molecule has 12 heteroatoms. The first-order valence-corrected chi connectivity index (χ1v) is 11.6. The van der Waals surface area contributed by atoms with E-state index in [0.29, 0.717) is 13.1 Å². The Kier molecular flexibility index (Phi) is 6.50. The topological polar surface area (TPSA) is 84.3 Å². The highest BCUT2D eigenvalue weighted by atomic mass is 32.2. The van der Waals surface area contributed by atoms with Crippen LogP contribution in [0.5, 0.6) is 0 Å². The van der Waals surface area contributed by atoms with Gasteiger partial charge in [0.2, 0.25) is 10.0 Å². The van der Waals surface area contributed by atoms with Gasteiger partial charge in [-0.25, -0.2) is 13.4 Å². The molecule has 0 unspecified atom stereocenters. The number of alkyl halides is 2. The average molecular weight is 437 g/mol. The number of rotatable bonds is 7. The second-order valence-corrected chi connectivity index (χ2v) is 9.71. The van der Waals surface area contributed by atoms with Gasteiger partial charge in [-0.3, -0.25) is 9.36 Å². The first kappa shape index (κ1) is 20.2. The van der Waals surface area contributed by atoms with Crippen LogP contribution in [0.2, 0.25) is 0 Å². The van der Waals surface area contributed by atoms with Crippen molar-refractivity contribution < 1.29 is 22.0 Å². The minimum absolute atomic E-state index is 0.00835. The van der Waals surface area contributed by atoms with Gasteiger partial charge in [-0.2, -0.15) is 24.8 Å². The predicted octanol–water partition coefficient (Wildman–Crippen LogP) is 2.05. The molecule has 1 fully saturated rings. The van der Waals surface area contributed by atoms with E-state index in [0.717, 1.165) is 27.4 Å². The third-order valence-corrected chi connectivity index (χ3v) is 7.94. The molecule has 0 aliphatic carbocycles. The molecule has 1 aliphatic heterocycles. The summed E-state index contributed by atoms with van der Waals surface area (Å²) in [5.41, 5.74) is 0. The average Bonchev–Trinajstić information content (AvgIpc) is 3.32. The van der Waals surface area contributed by atoms with Gasteiger partial charge in [0.1, 0.15) is 15.6 Å². The number of amides is 1. The van der Waals surface area contributed by atoms with E-state index in [4.69, 9.17) is 0 Å². The van der Waals surface area contributed by atoms with Gasteiger partial charge in [0.25, 0.3) is 5.91 Å². The highest BCUT2D eigenvalue weighted by Gasteiger charge is 2.31. The van der Waals surface area contributed by atoms with Gasteiger partial charge in [0, 0.05) is 50.0 Å². The van der Waals surface area contributed by atoms with E-state index in [2.05, 4.69) is 10.3 Å². The molecule has 7 nitrogen and oxygen atoms in total. The maximum absolute atomic E-state index is 12.8. The number of thioether (sulfide) groups is 1. The maximum Gasteiger partial charge on any atom is 0.319 e. The molecule has 27 heavy (non-hydrogen) atoms. The van der Waals surface area contributed by atoms with Gasteiger partial charge in [-0.1, -0.05) is 0 Å². The predicted molar refractivity (Wildman–Crippen MR) is 99.9 cm³/mol. The largest absolute Gasteiger partial charge is 0.351 e. The number of hydrogen-bond donors (Lipinski definition) is 1. The van der Waals surface area contributed by atoms with Crippen LogP contribution in [0.15, 0.2) is 28.7 Å². The van der Waals surface area contributed by atoms with Crippen molar-refractivity contribution in [3.8, 4) is 0 Å². The standard InChI is InChI=1S/C15H18F2N4O3S3/c16-15(17)21-5-4-18-12(21)1-3-19-14(22)13-11(2-8-26-13)27(23,24)20-6-9-25-10-7-20/h2,4-5,8,15H,1,3,6-7,9-10H2,(H,19,22). The third-order valence-electron chi connectivity index (χ3n) is 4.02. The molecule has 0 aromatic carbocycles. The van der Waals surface area contributed by atoms with Gasteiger partial charge in [0.05, 0.1) is 0 Å². The number of sulfonamides is 1. The number of thiophene rings is 1. The Hall–Kier alpha value is -1.50. The van der Waals surface area contributed by atoms with E-state index in [-0.39, 0.29) is 28.6 Å². The highest BCUT2D eigenvalue weighted by Crippen LogP contribution is 2.27. The number of hydrogen-bond acceptors (Lipinski definition) is 6. The number of nitrogens with zero attached hydrogens (tertiary/aromatic N) is 3. The number of nitrogens with one attached hydrogen (secondary N) is 1. The second-order valence-electron chi connectivity index (χ2n) is 5.66. The lowest BCUT2D eigenvalue weighted by molar-refractivity contribution is 0.0670. The van der Waals surface area contributed by atoms with E-state index >= 15 is 0 Å². The summed E-state index contributed by atoms with van der Waals surface area (Å²) in [6.45, 7) is -1.80. The number of halogens is 2. The van der Waals surface area contributed by atoms with Crippen LogP contribution in [0.3, 0.4) is 0 Å². The minimum atomic E-state index is -3.73. The van der Waals surface area contributed by atoms with Crippen molar-refractivity contribution >= 4 is 39.0 Å². The van der Waals surface area contributed by atoms with E-state index in [1.807, 2.05) is 0 Å². The Labute approximate surface area is 163 Å². The molecule has 3 rings (SSSR count). The zero-order valence-electron chi connectivity index (χ0n) is 14.2. The van der Waals surface area contributed by atoms with Crippen molar-refractivity contribution in [1.29, 1.82) is 0 Å². The van der Waals surface area contributed by atoms with Crippen LogP contribution in [0.1, 0.15) is 22.0 Å². The number of carbonyl (C=O) groups is 1. The SMILES string of the molecule is O=C(NCCc1nccn1C(F)F)c1sccc1S(=O)(=O)N1CCSCC1. The Morgan fingerprint density at radius 3 is 2.78 bits per heavy atom. The summed E-state index contributed by atoms with van der Waals surface area (Å²) < 4.78 is 53.3. The molecule has 0 saturated carbocycles. The van der Waals surface area contributed by atoms with Gasteiger partial charge in [-0.05, 0) is 11.4 Å². The summed E-state index contributed by atoms with van der Waals surface area (Å²) in [4.78, 5) is 16.4. The molecule has 0 spiro atoms. The lowest BCUT2D eigenvalue weighted by Gasteiger charge is -2.25. The van der Waals surface area contributed by atoms with E-state index < -0.39 is 22.5 Å². The van der Waals surface area contributed by atoms with Gasteiger partial charge in [-0.15, -0.1) is 11.3 Å². The molecule has 2 aromatic rings. The number of imidazole rings is 1. The minimum Gasteiger partial charge on any atom is -0.351 e. The van der Waals surface area contributed by atoms with Crippen LogP contribution in [-0.2, 0) is 16.4 Å². The summed E-state index contributed by atoms with van der Waals surface area (Å²) in [6.07, 6.45) is 2.55. The molecule has 2 aromatic heterocycles.